The van der Waals surface area contributed by atoms with Crippen LogP contribution in [0.2, 0.25) is 0 Å². The quantitative estimate of drug-likeness (QED) is 0.252. The summed E-state index contributed by atoms with van der Waals surface area (Å²) in [6, 6.07) is 0. The van der Waals surface area contributed by atoms with Crippen LogP contribution in [0.15, 0.2) is 84.6 Å². The lowest BCUT2D eigenvalue weighted by Gasteiger charge is -2.42. The molecule has 0 heterocycles. The first-order valence-corrected chi connectivity index (χ1v) is 12.8. The molecule has 0 aromatic carbocycles. The lowest BCUT2D eigenvalue weighted by atomic mass is 9.62. The van der Waals surface area contributed by atoms with Crippen LogP contribution in [0.5, 0.6) is 0 Å². The standard InChI is InChI=1S/C30H36F6O2/c1-5-20-17-23(19(3)26(37)18-20)12-11-22-10-7-15-27(4)24(13-14-25(22)27)21(6-2)9-8-16-28(38,29(31,32)33)30(34,35)36/h5-6,8,11-13,16,20-21,25-26,37-38H,1-3,7,9-10,14-15,17-18H2,4H3/b16-8-,22-11+,23-12-/t20-,21-,25?,26+,27-/m1/s1. The number of alkyl halides is 6. The largest absolute Gasteiger partial charge is 0.429 e. The van der Waals surface area contributed by atoms with E-state index in [1.54, 1.807) is 6.08 Å². The second-order valence-electron chi connectivity index (χ2n) is 10.9. The molecule has 0 radical (unpaired) electrons. The van der Waals surface area contributed by atoms with Crippen molar-refractivity contribution in [1.82, 2.24) is 0 Å². The topological polar surface area (TPSA) is 40.5 Å². The third-order valence-electron chi connectivity index (χ3n) is 8.56. The number of halogens is 6. The van der Waals surface area contributed by atoms with Crippen LogP contribution in [-0.2, 0) is 0 Å². The normalized spacial score (nSPS) is 32.0. The van der Waals surface area contributed by atoms with E-state index in [9.17, 15) is 36.6 Å². The van der Waals surface area contributed by atoms with Gasteiger partial charge < -0.3 is 10.2 Å². The van der Waals surface area contributed by atoms with Gasteiger partial charge in [0.15, 0.2) is 0 Å². The summed E-state index contributed by atoms with van der Waals surface area (Å²) in [5.41, 5.74) is -1.35. The number of hydrogen-bond donors (Lipinski definition) is 2. The number of rotatable bonds is 7. The van der Waals surface area contributed by atoms with Crippen molar-refractivity contribution in [3.8, 4) is 0 Å². The van der Waals surface area contributed by atoms with Crippen LogP contribution in [0.4, 0.5) is 26.3 Å². The highest BCUT2D eigenvalue weighted by molar-refractivity contribution is 5.41. The molecule has 210 valence electrons. The van der Waals surface area contributed by atoms with Gasteiger partial charge in [0.05, 0.1) is 6.10 Å². The summed E-state index contributed by atoms with van der Waals surface area (Å²) in [4.78, 5) is 0. The van der Waals surface area contributed by atoms with Gasteiger partial charge in [-0.25, -0.2) is 0 Å². The second-order valence-corrected chi connectivity index (χ2v) is 10.9. The van der Waals surface area contributed by atoms with Crippen molar-refractivity contribution in [3.05, 3.63) is 84.6 Å². The highest BCUT2D eigenvalue weighted by atomic mass is 19.4. The van der Waals surface area contributed by atoms with E-state index in [-0.39, 0.29) is 29.7 Å². The Morgan fingerprint density at radius 1 is 1.13 bits per heavy atom. The minimum atomic E-state index is -5.89. The molecule has 38 heavy (non-hydrogen) atoms. The van der Waals surface area contributed by atoms with Crippen molar-refractivity contribution in [2.75, 3.05) is 0 Å². The SMILES string of the molecule is C=C[C@@H]1C/C(=C/C=C2\CCC[C@]3(C)C([C@H](C=C)C/C=C\C(O)(C(F)(F)F)C(F)(F)F)=CCC23)C(=C)[C@@H](O)C1. The molecule has 2 fully saturated rings. The number of aliphatic hydroxyl groups is 2. The minimum absolute atomic E-state index is 0.143. The summed E-state index contributed by atoms with van der Waals surface area (Å²) in [6.07, 6.45) is 2.23. The van der Waals surface area contributed by atoms with Crippen LogP contribution in [0.3, 0.4) is 0 Å². The highest BCUT2D eigenvalue weighted by Gasteiger charge is 2.68. The Morgan fingerprint density at radius 2 is 1.79 bits per heavy atom. The summed E-state index contributed by atoms with van der Waals surface area (Å²) in [5, 5.41) is 19.8. The van der Waals surface area contributed by atoms with Crippen molar-refractivity contribution in [1.29, 1.82) is 0 Å². The maximum atomic E-state index is 13.0. The molecular formula is C30H36F6O2. The third-order valence-corrected chi connectivity index (χ3v) is 8.56. The lowest BCUT2D eigenvalue weighted by molar-refractivity contribution is -0.347. The summed E-state index contributed by atoms with van der Waals surface area (Å²) in [6.45, 7) is 13.8. The predicted molar refractivity (Wildman–Crippen MR) is 137 cm³/mol. The van der Waals surface area contributed by atoms with E-state index in [0.717, 1.165) is 42.9 Å². The van der Waals surface area contributed by atoms with E-state index >= 15 is 0 Å². The molecule has 2 nitrogen and oxygen atoms in total. The number of aliphatic hydroxyl groups excluding tert-OH is 1. The van der Waals surface area contributed by atoms with E-state index in [2.05, 4.69) is 32.7 Å². The Kier molecular flexibility index (Phi) is 8.79. The molecule has 0 aliphatic heterocycles. The molecule has 0 saturated heterocycles. The van der Waals surface area contributed by atoms with Crippen molar-refractivity contribution >= 4 is 0 Å². The molecule has 3 rings (SSSR count). The minimum Gasteiger partial charge on any atom is -0.388 e. The van der Waals surface area contributed by atoms with Crippen molar-refractivity contribution in [2.24, 2.45) is 23.2 Å². The average Bonchev–Trinajstić information content (AvgIpc) is 3.18. The van der Waals surface area contributed by atoms with Crippen LogP contribution in [0, 0.1) is 23.2 Å². The molecule has 2 saturated carbocycles. The molecule has 0 amide bonds. The summed E-state index contributed by atoms with van der Waals surface area (Å²) in [7, 11) is 0. The second kappa shape index (κ2) is 11.0. The molecule has 3 aliphatic rings. The molecule has 1 unspecified atom stereocenters. The first kappa shape index (κ1) is 30.2. The predicted octanol–water partition coefficient (Wildman–Crippen LogP) is 8.09. The smallest absolute Gasteiger partial charge is 0.388 e. The Morgan fingerprint density at radius 3 is 2.37 bits per heavy atom. The van der Waals surface area contributed by atoms with E-state index in [0.29, 0.717) is 18.4 Å². The first-order valence-electron chi connectivity index (χ1n) is 12.8. The summed E-state index contributed by atoms with van der Waals surface area (Å²) in [5.74, 6) is -0.148. The van der Waals surface area contributed by atoms with Gasteiger partial charge in [-0.15, -0.1) is 13.2 Å². The summed E-state index contributed by atoms with van der Waals surface area (Å²) < 4.78 is 78.2. The zero-order chi connectivity index (χ0) is 28.5. The van der Waals surface area contributed by atoms with Crippen LogP contribution in [0.1, 0.15) is 51.9 Å². The van der Waals surface area contributed by atoms with Gasteiger partial charge in [-0.3, -0.25) is 0 Å². The molecule has 2 N–H and O–H groups in total. The van der Waals surface area contributed by atoms with E-state index in [4.69, 9.17) is 0 Å². The molecule has 0 spiro atoms. The van der Waals surface area contributed by atoms with Crippen LogP contribution >= 0.6 is 0 Å². The Balaban J connectivity index is 1.81. The van der Waals surface area contributed by atoms with Gasteiger partial charge in [-0.2, -0.15) is 26.3 Å². The Bertz CT molecular complexity index is 1040. The van der Waals surface area contributed by atoms with Gasteiger partial charge in [0, 0.05) is 5.92 Å². The molecule has 3 aliphatic carbocycles. The van der Waals surface area contributed by atoms with Crippen molar-refractivity contribution < 1.29 is 36.6 Å². The molecular weight excluding hydrogens is 506 g/mol. The van der Waals surface area contributed by atoms with Gasteiger partial charge in [0.1, 0.15) is 0 Å². The maximum absolute atomic E-state index is 13.0. The van der Waals surface area contributed by atoms with Gasteiger partial charge in [0.25, 0.3) is 5.60 Å². The monoisotopic (exact) mass is 542 g/mol. The van der Waals surface area contributed by atoms with Gasteiger partial charge in [-0.05, 0) is 79.4 Å². The summed E-state index contributed by atoms with van der Waals surface area (Å²) >= 11 is 0. The maximum Gasteiger partial charge on any atom is 0.429 e. The first-order chi connectivity index (χ1) is 17.6. The van der Waals surface area contributed by atoms with Gasteiger partial charge in [-0.1, -0.05) is 61.1 Å². The van der Waals surface area contributed by atoms with Crippen LogP contribution in [0.25, 0.3) is 0 Å². The average molecular weight is 543 g/mol. The number of hydrogen-bond acceptors (Lipinski definition) is 2. The fourth-order valence-electron chi connectivity index (χ4n) is 6.21. The van der Waals surface area contributed by atoms with Crippen LogP contribution < -0.4 is 0 Å². The van der Waals surface area contributed by atoms with E-state index in [1.807, 2.05) is 18.2 Å². The van der Waals surface area contributed by atoms with Crippen molar-refractivity contribution in [2.45, 2.75) is 75.9 Å². The van der Waals surface area contributed by atoms with E-state index in [1.165, 1.54) is 5.57 Å². The molecule has 8 heteroatoms. The molecule has 5 atom stereocenters. The lowest BCUT2D eigenvalue weighted by Crippen LogP contribution is -2.55. The van der Waals surface area contributed by atoms with Crippen LogP contribution in [-0.4, -0.2) is 34.3 Å². The van der Waals surface area contributed by atoms with E-state index < -0.39 is 30.0 Å². The van der Waals surface area contributed by atoms with Gasteiger partial charge in [0.2, 0.25) is 0 Å². The third kappa shape index (κ3) is 5.67. The zero-order valence-corrected chi connectivity index (χ0v) is 21.6. The van der Waals surface area contributed by atoms with Gasteiger partial charge >= 0.3 is 12.4 Å². The fourth-order valence-corrected chi connectivity index (χ4v) is 6.21. The van der Waals surface area contributed by atoms with Crippen molar-refractivity contribution in [3.63, 3.8) is 0 Å². The molecule has 0 bridgehead atoms. The molecule has 0 aromatic rings. The number of fused-ring (bicyclic) bond motifs is 1. The zero-order valence-electron chi connectivity index (χ0n) is 21.6. The fraction of sp³-hybridized carbons (Fsp3) is 0.533. The Labute approximate surface area is 220 Å². The highest BCUT2D eigenvalue weighted by Crippen LogP contribution is 2.57. The molecule has 0 aromatic heterocycles. The Hall–Kier alpha value is -2.32. The number of allylic oxidation sites excluding steroid dienone is 8.